The van der Waals surface area contributed by atoms with E-state index in [9.17, 15) is 14.4 Å². The fraction of sp³-hybridized carbons (Fsp3) is 0.300. The lowest BCUT2D eigenvalue weighted by atomic mass is 9.76. The van der Waals surface area contributed by atoms with Gasteiger partial charge in [-0.1, -0.05) is 79.7 Å². The summed E-state index contributed by atoms with van der Waals surface area (Å²) in [5.41, 5.74) is 3.47. The fourth-order valence-electron chi connectivity index (χ4n) is 6.28. The van der Waals surface area contributed by atoms with E-state index in [1.807, 2.05) is 78.9 Å². The molecule has 6 heteroatoms. The van der Waals surface area contributed by atoms with Gasteiger partial charge in [0.15, 0.2) is 0 Å². The number of nitrogens with zero attached hydrogens (tertiary/aromatic N) is 1. The lowest BCUT2D eigenvalue weighted by Crippen LogP contribution is -2.53. The van der Waals surface area contributed by atoms with E-state index in [2.05, 4.69) is 17.6 Å². The number of amides is 3. The number of benzene rings is 3. The first kappa shape index (κ1) is 22.7. The van der Waals surface area contributed by atoms with Crippen LogP contribution in [-0.4, -0.2) is 35.2 Å². The van der Waals surface area contributed by atoms with E-state index in [0.717, 1.165) is 28.7 Å². The van der Waals surface area contributed by atoms with Crippen LogP contribution < -0.4 is 10.6 Å². The Bertz CT molecular complexity index is 1340. The summed E-state index contributed by atoms with van der Waals surface area (Å²) in [4.78, 5) is 42.9. The SMILES string of the molecule is CCc1ccc2c(c1)C1(NC(Cc3ccccc3)[C@H]3C(=O)N(CCc4ccccc4)C(=O)[C@H]31)C(=O)N2. The second-order valence-electron chi connectivity index (χ2n) is 10.0. The van der Waals surface area contributed by atoms with Crippen LogP contribution in [0.4, 0.5) is 5.69 Å². The number of likely N-dealkylation sites (tertiary alicyclic amines) is 1. The van der Waals surface area contributed by atoms with Crippen molar-refractivity contribution in [2.24, 2.45) is 11.8 Å². The first-order valence-electron chi connectivity index (χ1n) is 12.7. The minimum Gasteiger partial charge on any atom is -0.324 e. The Kier molecular flexibility index (Phi) is 5.49. The van der Waals surface area contributed by atoms with Gasteiger partial charge in [0.1, 0.15) is 5.54 Å². The number of carbonyl (C=O) groups excluding carboxylic acids is 3. The van der Waals surface area contributed by atoms with Crippen LogP contribution in [0.1, 0.15) is 29.2 Å². The second kappa shape index (κ2) is 8.71. The van der Waals surface area contributed by atoms with Crippen molar-refractivity contribution in [3.05, 3.63) is 101 Å². The summed E-state index contributed by atoms with van der Waals surface area (Å²) in [7, 11) is 0. The smallest absolute Gasteiger partial charge is 0.250 e. The molecule has 6 nitrogen and oxygen atoms in total. The minimum atomic E-state index is -1.25. The molecule has 2 fully saturated rings. The van der Waals surface area contributed by atoms with Crippen LogP contribution in [0.15, 0.2) is 78.9 Å². The lowest BCUT2D eigenvalue weighted by molar-refractivity contribution is -0.142. The van der Waals surface area contributed by atoms with E-state index in [1.54, 1.807) is 0 Å². The summed E-state index contributed by atoms with van der Waals surface area (Å²) >= 11 is 0. The molecule has 6 rings (SSSR count). The van der Waals surface area contributed by atoms with E-state index >= 15 is 0 Å². The predicted molar refractivity (Wildman–Crippen MR) is 137 cm³/mol. The molecule has 182 valence electrons. The Balaban J connectivity index is 1.41. The van der Waals surface area contributed by atoms with Crippen LogP contribution in [0.3, 0.4) is 0 Å². The van der Waals surface area contributed by atoms with Crippen molar-refractivity contribution < 1.29 is 14.4 Å². The largest absolute Gasteiger partial charge is 0.324 e. The van der Waals surface area contributed by atoms with Crippen molar-refractivity contribution >= 4 is 23.4 Å². The summed E-state index contributed by atoms with van der Waals surface area (Å²) in [6.07, 6.45) is 1.96. The monoisotopic (exact) mass is 479 g/mol. The Labute approximate surface area is 210 Å². The number of hydrogen-bond donors (Lipinski definition) is 2. The number of imide groups is 1. The van der Waals surface area contributed by atoms with E-state index in [4.69, 9.17) is 0 Å². The molecular formula is C30H29N3O3. The molecule has 3 aromatic carbocycles. The Morgan fingerprint density at radius 1 is 0.833 bits per heavy atom. The van der Waals surface area contributed by atoms with Crippen LogP contribution in [0.25, 0.3) is 0 Å². The maximum Gasteiger partial charge on any atom is 0.250 e. The highest BCUT2D eigenvalue weighted by molar-refractivity contribution is 6.15. The maximum absolute atomic E-state index is 14.0. The summed E-state index contributed by atoms with van der Waals surface area (Å²) in [5.74, 6) is -2.06. The van der Waals surface area contributed by atoms with Crippen molar-refractivity contribution in [1.82, 2.24) is 10.2 Å². The highest BCUT2D eigenvalue weighted by atomic mass is 16.2. The topological polar surface area (TPSA) is 78.5 Å². The molecule has 3 aromatic rings. The van der Waals surface area contributed by atoms with Gasteiger partial charge in [-0.15, -0.1) is 0 Å². The third kappa shape index (κ3) is 3.39. The average Bonchev–Trinajstić information content (AvgIpc) is 3.48. The fourth-order valence-corrected chi connectivity index (χ4v) is 6.28. The van der Waals surface area contributed by atoms with E-state index < -0.39 is 17.4 Å². The molecular weight excluding hydrogens is 450 g/mol. The zero-order valence-corrected chi connectivity index (χ0v) is 20.2. The molecule has 4 atom stereocenters. The van der Waals surface area contributed by atoms with Gasteiger partial charge < -0.3 is 5.32 Å². The van der Waals surface area contributed by atoms with Gasteiger partial charge in [0.2, 0.25) is 17.7 Å². The van der Waals surface area contributed by atoms with E-state index in [1.165, 1.54) is 4.90 Å². The van der Waals surface area contributed by atoms with E-state index in [-0.39, 0.29) is 23.8 Å². The third-order valence-electron chi connectivity index (χ3n) is 8.04. The molecule has 0 saturated carbocycles. The number of carbonyl (C=O) groups is 3. The molecule has 3 heterocycles. The normalized spacial score (nSPS) is 26.4. The van der Waals surface area contributed by atoms with Gasteiger partial charge in [0, 0.05) is 23.8 Å². The number of nitrogens with one attached hydrogen (secondary N) is 2. The predicted octanol–water partition coefficient (Wildman–Crippen LogP) is 3.45. The summed E-state index contributed by atoms with van der Waals surface area (Å²) in [6.45, 7) is 2.38. The van der Waals surface area contributed by atoms with Gasteiger partial charge in [-0.05, 0) is 42.0 Å². The highest BCUT2D eigenvalue weighted by Gasteiger charge is 2.70. The van der Waals surface area contributed by atoms with Gasteiger partial charge in [0.05, 0.1) is 11.8 Å². The van der Waals surface area contributed by atoms with Crippen molar-refractivity contribution in [2.45, 2.75) is 37.8 Å². The van der Waals surface area contributed by atoms with Crippen LogP contribution >= 0.6 is 0 Å². The van der Waals surface area contributed by atoms with Gasteiger partial charge >= 0.3 is 0 Å². The zero-order chi connectivity index (χ0) is 24.9. The lowest BCUT2D eigenvalue weighted by Gasteiger charge is -2.30. The molecule has 0 bridgehead atoms. The van der Waals surface area contributed by atoms with Gasteiger partial charge in [-0.2, -0.15) is 0 Å². The van der Waals surface area contributed by atoms with Crippen LogP contribution in [0.5, 0.6) is 0 Å². The molecule has 0 aromatic heterocycles. The van der Waals surface area contributed by atoms with Crippen molar-refractivity contribution in [1.29, 1.82) is 0 Å². The Morgan fingerprint density at radius 3 is 2.22 bits per heavy atom. The zero-order valence-electron chi connectivity index (χ0n) is 20.2. The van der Waals surface area contributed by atoms with Gasteiger partial charge in [0.25, 0.3) is 0 Å². The molecule has 2 N–H and O–H groups in total. The van der Waals surface area contributed by atoms with Gasteiger partial charge in [-0.25, -0.2) is 0 Å². The van der Waals surface area contributed by atoms with Crippen molar-refractivity contribution in [3.63, 3.8) is 0 Å². The van der Waals surface area contributed by atoms with Crippen molar-refractivity contribution in [3.8, 4) is 0 Å². The number of hydrogen-bond acceptors (Lipinski definition) is 4. The maximum atomic E-state index is 14.0. The molecule has 2 saturated heterocycles. The second-order valence-corrected chi connectivity index (χ2v) is 10.0. The van der Waals surface area contributed by atoms with Crippen LogP contribution in [0, 0.1) is 11.8 Å². The first-order valence-corrected chi connectivity index (χ1v) is 12.7. The molecule has 3 amide bonds. The molecule has 2 unspecified atom stereocenters. The Hall–Kier alpha value is -3.77. The Morgan fingerprint density at radius 2 is 1.53 bits per heavy atom. The van der Waals surface area contributed by atoms with Gasteiger partial charge in [-0.3, -0.25) is 24.6 Å². The van der Waals surface area contributed by atoms with Crippen molar-refractivity contribution in [2.75, 3.05) is 11.9 Å². The van der Waals surface area contributed by atoms with E-state index in [0.29, 0.717) is 25.1 Å². The van der Waals surface area contributed by atoms with Crippen LogP contribution in [0.2, 0.25) is 0 Å². The quantitative estimate of drug-likeness (QED) is 0.531. The minimum absolute atomic E-state index is 0.181. The number of rotatable bonds is 6. The standard InChI is InChI=1S/C30H29N3O3/c1-2-19-13-14-23-22(17-19)30(29(36)31-23)26-25(24(32-30)18-21-11-7-4-8-12-21)27(34)33(28(26)35)16-15-20-9-5-3-6-10-20/h3-14,17,24-26,32H,2,15-16,18H2,1H3,(H,31,36)/t24?,25-,26+,30?/m1/s1. The van der Waals surface area contributed by atoms with Crippen LogP contribution in [-0.2, 0) is 39.2 Å². The third-order valence-corrected chi connectivity index (χ3v) is 8.04. The molecule has 3 aliphatic rings. The average molecular weight is 480 g/mol. The number of fused-ring (bicyclic) bond motifs is 4. The molecule has 1 spiro atoms. The summed E-state index contributed by atoms with van der Waals surface area (Å²) < 4.78 is 0. The molecule has 36 heavy (non-hydrogen) atoms. The number of anilines is 1. The summed E-state index contributed by atoms with van der Waals surface area (Å²) in [5, 5.41) is 6.55. The number of aryl methyl sites for hydroxylation is 1. The highest BCUT2D eigenvalue weighted by Crippen LogP contribution is 2.53. The molecule has 3 aliphatic heterocycles. The first-order chi connectivity index (χ1) is 17.5. The molecule has 0 radical (unpaired) electrons. The molecule has 0 aliphatic carbocycles. The summed E-state index contributed by atoms with van der Waals surface area (Å²) in [6, 6.07) is 25.4.